The molecule has 1 aliphatic heterocycles. The topological polar surface area (TPSA) is 74.6 Å². The second-order valence-corrected chi connectivity index (χ2v) is 6.44. The van der Waals surface area contributed by atoms with Crippen LogP contribution in [0.4, 0.5) is 10.1 Å². The second-order valence-electron chi connectivity index (χ2n) is 6.44. The van der Waals surface area contributed by atoms with Gasteiger partial charge in [0.1, 0.15) is 11.6 Å². The number of carbonyl (C=O) groups excluding carboxylic acids is 2. The maximum atomic E-state index is 13.5. The molecule has 6 nitrogen and oxygen atoms in total. The molecule has 1 saturated heterocycles. The van der Waals surface area contributed by atoms with Crippen LogP contribution in [-0.2, 0) is 16.1 Å². The third-order valence-corrected chi connectivity index (χ3v) is 4.55. The molecule has 0 atom stereocenters. The Morgan fingerprint density at radius 1 is 1.12 bits per heavy atom. The van der Waals surface area contributed by atoms with E-state index in [1.54, 1.807) is 12.3 Å². The summed E-state index contributed by atoms with van der Waals surface area (Å²) in [6.45, 7) is 3.07. The van der Waals surface area contributed by atoms with Crippen LogP contribution < -0.4 is 10.6 Å². The third-order valence-electron chi connectivity index (χ3n) is 4.55. The lowest BCUT2D eigenvalue weighted by atomic mass is 9.96. The van der Waals surface area contributed by atoms with Gasteiger partial charge in [-0.3, -0.25) is 14.5 Å². The van der Waals surface area contributed by atoms with Crippen molar-refractivity contribution in [3.8, 4) is 0 Å². The summed E-state index contributed by atoms with van der Waals surface area (Å²) in [7, 11) is 0. The number of furan rings is 1. The molecule has 0 radical (unpaired) electrons. The molecule has 2 heterocycles. The number of para-hydroxylation sites is 1. The van der Waals surface area contributed by atoms with Crippen molar-refractivity contribution in [2.75, 3.05) is 25.0 Å². The largest absolute Gasteiger partial charge is 0.468 e. The maximum Gasteiger partial charge on any atom is 0.313 e. The smallest absolute Gasteiger partial charge is 0.313 e. The summed E-state index contributed by atoms with van der Waals surface area (Å²) in [6, 6.07) is 9.58. The number of likely N-dealkylation sites (tertiary alicyclic amines) is 1. The Bertz CT molecular complexity index is 740. The highest BCUT2D eigenvalue weighted by Crippen LogP contribution is 2.18. The number of rotatable bonds is 5. The average molecular weight is 359 g/mol. The summed E-state index contributed by atoms with van der Waals surface area (Å²) >= 11 is 0. The molecule has 1 aromatic carbocycles. The van der Waals surface area contributed by atoms with E-state index in [-0.39, 0.29) is 5.69 Å². The van der Waals surface area contributed by atoms with E-state index in [1.807, 2.05) is 12.1 Å². The fourth-order valence-corrected chi connectivity index (χ4v) is 3.03. The summed E-state index contributed by atoms with van der Waals surface area (Å²) < 4.78 is 18.9. The highest BCUT2D eigenvalue weighted by molar-refractivity contribution is 6.39. The van der Waals surface area contributed by atoms with Gasteiger partial charge in [-0.05, 0) is 56.1 Å². The normalized spacial score (nSPS) is 15.6. The Labute approximate surface area is 151 Å². The van der Waals surface area contributed by atoms with Crippen LogP contribution in [0.15, 0.2) is 47.1 Å². The number of nitrogens with zero attached hydrogens (tertiary/aromatic N) is 1. The fourth-order valence-electron chi connectivity index (χ4n) is 3.03. The molecule has 0 aliphatic carbocycles. The fraction of sp³-hybridized carbons (Fsp3) is 0.368. The molecule has 1 fully saturated rings. The van der Waals surface area contributed by atoms with Crippen LogP contribution in [0.1, 0.15) is 18.6 Å². The van der Waals surface area contributed by atoms with Crippen molar-refractivity contribution >= 4 is 17.5 Å². The van der Waals surface area contributed by atoms with Gasteiger partial charge in [-0.2, -0.15) is 0 Å². The highest BCUT2D eigenvalue weighted by atomic mass is 19.1. The summed E-state index contributed by atoms with van der Waals surface area (Å²) in [5.41, 5.74) is -0.00103. The molecule has 26 heavy (non-hydrogen) atoms. The minimum absolute atomic E-state index is 0.00103. The number of piperidine rings is 1. The lowest BCUT2D eigenvalue weighted by molar-refractivity contribution is -0.136. The first-order chi connectivity index (χ1) is 12.6. The molecule has 138 valence electrons. The van der Waals surface area contributed by atoms with Crippen LogP contribution in [-0.4, -0.2) is 36.3 Å². The van der Waals surface area contributed by atoms with E-state index in [4.69, 9.17) is 4.42 Å². The summed E-state index contributed by atoms with van der Waals surface area (Å²) in [5, 5.41) is 4.93. The molecule has 1 aromatic heterocycles. The Morgan fingerprint density at radius 3 is 2.58 bits per heavy atom. The second kappa shape index (κ2) is 8.62. The molecule has 3 rings (SSSR count). The van der Waals surface area contributed by atoms with Crippen molar-refractivity contribution in [3.05, 3.63) is 54.2 Å². The molecule has 0 unspecified atom stereocenters. The van der Waals surface area contributed by atoms with Crippen LogP contribution in [0.3, 0.4) is 0 Å². The zero-order valence-corrected chi connectivity index (χ0v) is 14.4. The lowest BCUT2D eigenvalue weighted by Crippen LogP contribution is -2.41. The number of carbonyl (C=O) groups is 2. The van der Waals surface area contributed by atoms with Crippen LogP contribution >= 0.6 is 0 Å². The molecular weight excluding hydrogens is 337 g/mol. The molecular formula is C19H22FN3O3. The molecule has 7 heteroatoms. The Balaban J connectivity index is 1.38. The molecule has 0 saturated carbocycles. The molecule has 0 spiro atoms. The van der Waals surface area contributed by atoms with Gasteiger partial charge >= 0.3 is 11.8 Å². The van der Waals surface area contributed by atoms with Gasteiger partial charge in [0, 0.05) is 6.54 Å². The van der Waals surface area contributed by atoms with Gasteiger partial charge in [0.25, 0.3) is 0 Å². The van der Waals surface area contributed by atoms with Crippen LogP contribution in [0.2, 0.25) is 0 Å². The van der Waals surface area contributed by atoms with Crippen molar-refractivity contribution in [1.29, 1.82) is 0 Å². The third kappa shape index (κ3) is 4.92. The van der Waals surface area contributed by atoms with Crippen molar-refractivity contribution in [2.24, 2.45) is 5.92 Å². The molecule has 1 aliphatic rings. The Hall–Kier alpha value is -2.67. The van der Waals surface area contributed by atoms with E-state index in [0.29, 0.717) is 12.5 Å². The number of hydrogen-bond donors (Lipinski definition) is 2. The first-order valence-electron chi connectivity index (χ1n) is 8.70. The van der Waals surface area contributed by atoms with Crippen LogP contribution in [0.25, 0.3) is 0 Å². The van der Waals surface area contributed by atoms with E-state index in [9.17, 15) is 14.0 Å². The standard InChI is InChI=1S/C19H22FN3O3/c20-16-5-1-2-6-17(16)22-19(25)18(24)21-12-14-7-9-23(10-8-14)13-15-4-3-11-26-15/h1-6,11,14H,7-10,12-13H2,(H,21,24)(H,22,25). The number of benzene rings is 1. The molecule has 0 bridgehead atoms. The van der Waals surface area contributed by atoms with E-state index in [2.05, 4.69) is 15.5 Å². The van der Waals surface area contributed by atoms with Crippen molar-refractivity contribution in [3.63, 3.8) is 0 Å². The van der Waals surface area contributed by atoms with Gasteiger partial charge in [0.2, 0.25) is 0 Å². The van der Waals surface area contributed by atoms with E-state index >= 15 is 0 Å². The lowest BCUT2D eigenvalue weighted by Gasteiger charge is -2.31. The van der Waals surface area contributed by atoms with Crippen LogP contribution in [0.5, 0.6) is 0 Å². The maximum absolute atomic E-state index is 13.5. The summed E-state index contributed by atoms with van der Waals surface area (Å²) in [4.78, 5) is 26.1. The number of amides is 2. The quantitative estimate of drug-likeness (QED) is 0.804. The monoisotopic (exact) mass is 359 g/mol. The van der Waals surface area contributed by atoms with E-state index in [1.165, 1.54) is 18.2 Å². The van der Waals surface area contributed by atoms with Crippen molar-refractivity contribution in [2.45, 2.75) is 19.4 Å². The van der Waals surface area contributed by atoms with E-state index < -0.39 is 17.6 Å². The minimum Gasteiger partial charge on any atom is -0.468 e. The highest BCUT2D eigenvalue weighted by Gasteiger charge is 2.22. The summed E-state index contributed by atoms with van der Waals surface area (Å²) in [5.74, 6) is -0.899. The van der Waals surface area contributed by atoms with Gasteiger partial charge < -0.3 is 15.1 Å². The van der Waals surface area contributed by atoms with Gasteiger partial charge in [0.05, 0.1) is 18.5 Å². The van der Waals surface area contributed by atoms with Crippen molar-refractivity contribution in [1.82, 2.24) is 10.2 Å². The van der Waals surface area contributed by atoms with Crippen LogP contribution in [0, 0.1) is 11.7 Å². The zero-order chi connectivity index (χ0) is 18.4. The zero-order valence-electron chi connectivity index (χ0n) is 14.4. The Morgan fingerprint density at radius 2 is 1.88 bits per heavy atom. The first kappa shape index (κ1) is 18.1. The number of nitrogens with one attached hydrogen (secondary N) is 2. The number of halogens is 1. The van der Waals surface area contributed by atoms with Gasteiger partial charge in [-0.15, -0.1) is 0 Å². The SMILES string of the molecule is O=C(NCC1CCN(Cc2ccco2)CC1)C(=O)Nc1ccccc1F. The van der Waals surface area contributed by atoms with Gasteiger partial charge in [0.15, 0.2) is 0 Å². The molecule has 2 amide bonds. The number of hydrogen-bond acceptors (Lipinski definition) is 4. The Kier molecular flexibility index (Phi) is 6.01. The predicted octanol–water partition coefficient (Wildman–Crippen LogP) is 2.39. The number of anilines is 1. The predicted molar refractivity (Wildman–Crippen MR) is 94.7 cm³/mol. The average Bonchev–Trinajstić information content (AvgIpc) is 3.16. The minimum atomic E-state index is -0.856. The van der Waals surface area contributed by atoms with Crippen molar-refractivity contribution < 1.29 is 18.4 Å². The summed E-state index contributed by atoms with van der Waals surface area (Å²) in [6.07, 6.45) is 3.55. The van der Waals surface area contributed by atoms with E-state index in [0.717, 1.165) is 38.2 Å². The molecule has 2 N–H and O–H groups in total. The first-order valence-corrected chi connectivity index (χ1v) is 8.70. The van der Waals surface area contributed by atoms with Gasteiger partial charge in [-0.25, -0.2) is 4.39 Å². The van der Waals surface area contributed by atoms with Gasteiger partial charge in [-0.1, -0.05) is 12.1 Å². The molecule has 2 aromatic rings.